The molecule has 0 bridgehead atoms. The van der Waals surface area contributed by atoms with Crippen LogP contribution in [0.25, 0.3) is 10.8 Å². The summed E-state index contributed by atoms with van der Waals surface area (Å²) in [6.45, 7) is 8.20. The highest BCUT2D eigenvalue weighted by atomic mass is 32.2. The summed E-state index contributed by atoms with van der Waals surface area (Å²) in [7, 11) is -3.77. The van der Waals surface area contributed by atoms with Gasteiger partial charge in [-0.1, -0.05) is 36.4 Å². The Morgan fingerprint density at radius 2 is 1.73 bits per heavy atom. The number of anilines is 1. The molecule has 7 nitrogen and oxygen atoms in total. The van der Waals surface area contributed by atoms with Crippen LogP contribution in [0.15, 0.2) is 59.5 Å². The number of hydrogen-bond acceptors (Lipinski definition) is 6. The number of hydrogen-bond donors (Lipinski definition) is 1. The Bertz CT molecular complexity index is 1310. The molecule has 1 aliphatic heterocycles. The number of ether oxygens (including phenoxy) is 1. The van der Waals surface area contributed by atoms with E-state index in [9.17, 15) is 13.2 Å². The largest absolute Gasteiger partial charge is 0.528 e. The fourth-order valence-corrected chi connectivity index (χ4v) is 5.17. The van der Waals surface area contributed by atoms with Gasteiger partial charge in [-0.2, -0.15) is 0 Å². The quantitative estimate of drug-likeness (QED) is 0.532. The zero-order valence-corrected chi connectivity index (χ0v) is 20.0. The number of hydroxylamine groups is 2. The lowest BCUT2D eigenvalue weighted by Crippen LogP contribution is -2.35. The van der Waals surface area contributed by atoms with Crippen molar-refractivity contribution in [1.29, 1.82) is 0 Å². The Hall–Kier alpha value is -3.10. The topological polar surface area (TPSA) is 84.9 Å². The van der Waals surface area contributed by atoms with Gasteiger partial charge in [0.1, 0.15) is 5.60 Å². The minimum absolute atomic E-state index is 0.248. The number of rotatable bonds is 4. The summed E-state index contributed by atoms with van der Waals surface area (Å²) in [5, 5.41) is 3.16. The third kappa shape index (κ3) is 5.29. The molecule has 0 saturated heterocycles. The molecule has 0 aromatic heterocycles. The first-order valence-corrected chi connectivity index (χ1v) is 12.3. The van der Waals surface area contributed by atoms with Gasteiger partial charge in [-0.05, 0) is 74.4 Å². The number of carbonyl (C=O) groups is 1. The van der Waals surface area contributed by atoms with Gasteiger partial charge in [0, 0.05) is 17.6 Å². The average Bonchev–Trinajstić information content (AvgIpc) is 2.72. The first kappa shape index (κ1) is 23.1. The molecule has 1 heterocycles. The van der Waals surface area contributed by atoms with Gasteiger partial charge < -0.3 is 9.57 Å². The SMILES string of the molecule is Cc1ccc(S(=O)(=O)Nc2ccc3c(c2)CCN(OC(=O)OC(C)(C)C)C3)c2ccccc12. The summed E-state index contributed by atoms with van der Waals surface area (Å²) in [4.78, 5) is 17.5. The summed E-state index contributed by atoms with van der Waals surface area (Å²) in [5.74, 6) is 0. The van der Waals surface area contributed by atoms with Crippen molar-refractivity contribution in [2.45, 2.75) is 51.2 Å². The van der Waals surface area contributed by atoms with E-state index in [1.54, 1.807) is 38.0 Å². The average molecular weight is 469 g/mol. The van der Waals surface area contributed by atoms with E-state index in [-0.39, 0.29) is 4.90 Å². The number of nitrogens with zero attached hydrogens (tertiary/aromatic N) is 1. The minimum atomic E-state index is -3.77. The predicted molar refractivity (Wildman–Crippen MR) is 127 cm³/mol. The van der Waals surface area contributed by atoms with Crippen molar-refractivity contribution >= 4 is 32.6 Å². The van der Waals surface area contributed by atoms with Crippen molar-refractivity contribution in [2.75, 3.05) is 11.3 Å². The van der Waals surface area contributed by atoms with E-state index in [2.05, 4.69) is 4.72 Å². The summed E-state index contributed by atoms with van der Waals surface area (Å²) >= 11 is 0. The monoisotopic (exact) mass is 468 g/mol. The fraction of sp³-hybridized carbons (Fsp3) is 0.320. The summed E-state index contributed by atoms with van der Waals surface area (Å²) < 4.78 is 34.3. The number of fused-ring (bicyclic) bond motifs is 2. The van der Waals surface area contributed by atoms with E-state index in [0.717, 1.165) is 22.1 Å². The highest BCUT2D eigenvalue weighted by Crippen LogP contribution is 2.29. The number of aryl methyl sites for hydroxylation is 1. The van der Waals surface area contributed by atoms with Gasteiger partial charge in [0.2, 0.25) is 0 Å². The van der Waals surface area contributed by atoms with Gasteiger partial charge in [-0.15, -0.1) is 5.06 Å². The van der Waals surface area contributed by atoms with Crippen molar-refractivity contribution in [3.8, 4) is 0 Å². The molecule has 8 heteroatoms. The fourth-order valence-electron chi connectivity index (χ4n) is 3.91. The third-order valence-electron chi connectivity index (χ3n) is 5.42. The van der Waals surface area contributed by atoms with Crippen LogP contribution in [0.3, 0.4) is 0 Å². The Labute approximate surface area is 194 Å². The molecule has 0 amide bonds. The first-order chi connectivity index (χ1) is 15.5. The molecule has 4 rings (SSSR count). The number of nitrogens with one attached hydrogen (secondary N) is 1. The molecule has 0 aliphatic carbocycles. The Balaban J connectivity index is 1.51. The lowest BCUT2D eigenvalue weighted by atomic mass is 10.0. The third-order valence-corrected chi connectivity index (χ3v) is 6.86. The number of benzene rings is 3. The maximum absolute atomic E-state index is 13.2. The molecule has 0 unspecified atom stereocenters. The smallest absolute Gasteiger partial charge is 0.427 e. The van der Waals surface area contributed by atoms with Gasteiger partial charge in [0.15, 0.2) is 0 Å². The van der Waals surface area contributed by atoms with Crippen molar-refractivity contribution in [1.82, 2.24) is 5.06 Å². The minimum Gasteiger partial charge on any atom is -0.427 e. The molecule has 0 fully saturated rings. The summed E-state index contributed by atoms with van der Waals surface area (Å²) in [6, 6.07) is 16.4. The number of sulfonamides is 1. The van der Waals surface area contributed by atoms with E-state index in [1.165, 1.54) is 0 Å². The Morgan fingerprint density at radius 3 is 2.45 bits per heavy atom. The van der Waals surface area contributed by atoms with Crippen LogP contribution in [-0.2, 0) is 32.6 Å². The second-order valence-electron chi connectivity index (χ2n) is 9.18. The molecule has 33 heavy (non-hydrogen) atoms. The highest BCUT2D eigenvalue weighted by molar-refractivity contribution is 7.93. The van der Waals surface area contributed by atoms with Crippen LogP contribution in [0.4, 0.5) is 10.5 Å². The molecule has 0 radical (unpaired) electrons. The maximum Gasteiger partial charge on any atom is 0.528 e. The molecular weight excluding hydrogens is 440 g/mol. The second kappa shape index (κ2) is 8.68. The van der Waals surface area contributed by atoms with E-state index in [0.29, 0.717) is 30.6 Å². The standard InChI is InChI=1S/C25H28N2O5S/c1-17-9-12-23(22-8-6-5-7-21(17)22)33(29,30)26-20-11-10-19-16-27(14-13-18(19)15-20)32-24(28)31-25(2,3)4/h5-12,15,26H,13-14,16H2,1-4H3. The van der Waals surface area contributed by atoms with Crippen LogP contribution >= 0.6 is 0 Å². The molecule has 0 atom stereocenters. The first-order valence-electron chi connectivity index (χ1n) is 10.8. The zero-order chi connectivity index (χ0) is 23.8. The molecule has 3 aromatic rings. The van der Waals surface area contributed by atoms with Crippen LogP contribution in [0.1, 0.15) is 37.5 Å². The van der Waals surface area contributed by atoms with Crippen LogP contribution in [0.2, 0.25) is 0 Å². The molecule has 0 saturated carbocycles. The van der Waals surface area contributed by atoms with Crippen molar-refractivity contribution in [3.63, 3.8) is 0 Å². The van der Waals surface area contributed by atoms with Crippen LogP contribution in [-0.4, -0.2) is 31.8 Å². The van der Waals surface area contributed by atoms with Gasteiger partial charge in [-0.25, -0.2) is 13.2 Å². The molecule has 1 N–H and O–H groups in total. The van der Waals surface area contributed by atoms with Crippen molar-refractivity contribution in [2.24, 2.45) is 0 Å². The van der Waals surface area contributed by atoms with Crippen molar-refractivity contribution in [3.05, 3.63) is 71.3 Å². The van der Waals surface area contributed by atoms with Gasteiger partial charge in [-0.3, -0.25) is 4.72 Å². The maximum atomic E-state index is 13.2. The normalized spacial score (nSPS) is 14.5. The lowest BCUT2D eigenvalue weighted by molar-refractivity contribution is -0.151. The van der Waals surface area contributed by atoms with E-state index < -0.39 is 21.8 Å². The lowest BCUT2D eigenvalue weighted by Gasteiger charge is -2.28. The molecule has 1 aliphatic rings. The number of carbonyl (C=O) groups excluding carboxylic acids is 1. The van der Waals surface area contributed by atoms with Gasteiger partial charge in [0.05, 0.1) is 11.4 Å². The van der Waals surface area contributed by atoms with Gasteiger partial charge in [0.25, 0.3) is 10.0 Å². The van der Waals surface area contributed by atoms with Gasteiger partial charge >= 0.3 is 6.16 Å². The second-order valence-corrected chi connectivity index (χ2v) is 10.8. The van der Waals surface area contributed by atoms with Crippen LogP contribution in [0, 0.1) is 6.92 Å². The zero-order valence-electron chi connectivity index (χ0n) is 19.2. The molecule has 174 valence electrons. The summed E-state index contributed by atoms with van der Waals surface area (Å²) in [6.07, 6.45) is -0.123. The van der Waals surface area contributed by atoms with Crippen molar-refractivity contribution < 1.29 is 22.8 Å². The molecule has 0 spiro atoms. The van der Waals surface area contributed by atoms with E-state index in [1.807, 2.05) is 49.4 Å². The van der Waals surface area contributed by atoms with E-state index in [4.69, 9.17) is 9.57 Å². The Morgan fingerprint density at radius 1 is 1.00 bits per heavy atom. The molecule has 3 aromatic carbocycles. The summed E-state index contributed by atoms with van der Waals surface area (Å²) in [5.41, 5.74) is 2.87. The van der Waals surface area contributed by atoms with Crippen LogP contribution in [0.5, 0.6) is 0 Å². The van der Waals surface area contributed by atoms with Crippen LogP contribution < -0.4 is 4.72 Å². The van der Waals surface area contributed by atoms with E-state index >= 15 is 0 Å². The Kier molecular flexibility index (Phi) is 6.07. The predicted octanol–water partition coefficient (Wildman–Crippen LogP) is 5.17. The molecular formula is C25H28N2O5S. The highest BCUT2D eigenvalue weighted by Gasteiger charge is 2.25.